The van der Waals surface area contributed by atoms with Gasteiger partial charge in [-0.2, -0.15) is 5.26 Å². The molecule has 6 nitrogen and oxygen atoms in total. The van der Waals surface area contributed by atoms with Crippen molar-refractivity contribution in [3.8, 4) is 29.0 Å². The van der Waals surface area contributed by atoms with Gasteiger partial charge in [0.15, 0.2) is 11.6 Å². The van der Waals surface area contributed by atoms with Crippen LogP contribution < -0.4 is 4.74 Å². The number of hydrogen-bond acceptors (Lipinski definition) is 6. The molecule has 2 heterocycles. The molecule has 0 amide bonds. The molecule has 5 rings (SSSR count). The third kappa shape index (κ3) is 4.67. The van der Waals surface area contributed by atoms with Gasteiger partial charge in [-0.05, 0) is 54.7 Å². The number of nitriles is 1. The molecule has 2 aromatic carbocycles. The van der Waals surface area contributed by atoms with Gasteiger partial charge in [-0.1, -0.05) is 52.5 Å². The fraction of sp³-hybridized carbons (Fsp3) is 0.167. The molecule has 1 aliphatic carbocycles. The van der Waals surface area contributed by atoms with Crippen molar-refractivity contribution in [2.75, 3.05) is 0 Å². The molecule has 0 fully saturated rings. The molecule has 0 radical (unpaired) electrons. The molecule has 11 heteroatoms. The summed E-state index contributed by atoms with van der Waals surface area (Å²) in [5, 5.41) is 18.2. The molecule has 0 unspecified atom stereocenters. The van der Waals surface area contributed by atoms with E-state index in [9.17, 15) is 0 Å². The molecule has 0 saturated carbocycles. The van der Waals surface area contributed by atoms with E-state index in [4.69, 9.17) is 60.8 Å². The molecule has 2 aromatic heterocycles. The first-order valence-electron chi connectivity index (χ1n) is 10.4. The summed E-state index contributed by atoms with van der Waals surface area (Å²) in [6.45, 7) is 0. The van der Waals surface area contributed by atoms with Crippen LogP contribution >= 0.6 is 46.4 Å². The Hall–Kier alpha value is -2.89. The van der Waals surface area contributed by atoms with Crippen LogP contribution in [0.25, 0.3) is 11.5 Å². The Balaban J connectivity index is 1.45. The van der Waals surface area contributed by atoms with Crippen LogP contribution in [0, 0.1) is 17.1 Å². The first kappa shape index (κ1) is 23.8. The highest BCUT2D eigenvalue weighted by Gasteiger charge is 2.26. The molecule has 1 aliphatic rings. The zero-order valence-electron chi connectivity index (χ0n) is 17.7. The molecular weight excluding hydrogens is 537 g/mol. The lowest BCUT2D eigenvalue weighted by molar-refractivity contribution is 0.437. The van der Waals surface area contributed by atoms with Gasteiger partial charge in [0.1, 0.15) is 16.1 Å². The molecule has 0 aliphatic heterocycles. The zero-order valence-corrected chi connectivity index (χ0v) is 20.7. The van der Waals surface area contributed by atoms with Crippen molar-refractivity contribution in [1.82, 2.24) is 15.2 Å². The molecule has 0 spiro atoms. The first-order chi connectivity index (χ1) is 16.8. The number of benzene rings is 2. The van der Waals surface area contributed by atoms with E-state index < -0.39 is 5.82 Å². The number of hydrogen-bond donors (Lipinski definition) is 0. The highest BCUT2D eigenvalue weighted by atomic mass is 35.5. The van der Waals surface area contributed by atoms with Crippen molar-refractivity contribution >= 4 is 46.4 Å². The van der Waals surface area contributed by atoms with E-state index in [1.165, 1.54) is 30.3 Å². The van der Waals surface area contributed by atoms with Crippen molar-refractivity contribution in [3.05, 3.63) is 84.6 Å². The summed E-state index contributed by atoms with van der Waals surface area (Å²) in [4.78, 5) is 4.19. The molecule has 0 N–H and O–H groups in total. The minimum absolute atomic E-state index is 0.0216. The van der Waals surface area contributed by atoms with Crippen molar-refractivity contribution < 1.29 is 13.5 Å². The molecule has 0 atom stereocenters. The summed E-state index contributed by atoms with van der Waals surface area (Å²) in [7, 11) is 0. The average Bonchev–Trinajstić information content (AvgIpc) is 3.49. The van der Waals surface area contributed by atoms with Gasteiger partial charge >= 0.3 is 0 Å². The lowest BCUT2D eigenvalue weighted by Gasteiger charge is -2.12. The second-order valence-electron chi connectivity index (χ2n) is 7.80. The van der Waals surface area contributed by atoms with E-state index in [1.807, 2.05) is 6.07 Å². The third-order valence-electron chi connectivity index (χ3n) is 5.54. The summed E-state index contributed by atoms with van der Waals surface area (Å²) in [5.74, 6) is -0.382. The van der Waals surface area contributed by atoms with Gasteiger partial charge in [-0.3, -0.25) is 0 Å². The second-order valence-corrected chi connectivity index (χ2v) is 9.36. The van der Waals surface area contributed by atoms with Gasteiger partial charge in [-0.25, -0.2) is 9.37 Å². The Kier molecular flexibility index (Phi) is 6.56. The monoisotopic (exact) mass is 548 g/mol. The molecule has 0 bridgehead atoms. The van der Waals surface area contributed by atoms with Crippen LogP contribution in [0.5, 0.6) is 11.5 Å². The van der Waals surface area contributed by atoms with Crippen molar-refractivity contribution in [2.45, 2.75) is 25.7 Å². The number of ether oxygens (including phenoxy) is 1. The smallest absolute Gasteiger partial charge is 0.251 e. The number of rotatable bonds is 5. The van der Waals surface area contributed by atoms with E-state index in [1.54, 1.807) is 0 Å². The highest BCUT2D eigenvalue weighted by molar-refractivity contribution is 6.35. The zero-order chi connectivity index (χ0) is 24.7. The summed E-state index contributed by atoms with van der Waals surface area (Å²) >= 11 is 24.8. The Labute approximate surface area is 219 Å². The van der Waals surface area contributed by atoms with Crippen molar-refractivity contribution in [2.24, 2.45) is 0 Å². The van der Waals surface area contributed by atoms with Gasteiger partial charge in [0.2, 0.25) is 5.89 Å². The largest absolute Gasteiger partial charge is 0.453 e. The second kappa shape index (κ2) is 9.63. The van der Waals surface area contributed by atoms with Crippen molar-refractivity contribution in [1.29, 1.82) is 5.26 Å². The van der Waals surface area contributed by atoms with Gasteiger partial charge < -0.3 is 9.15 Å². The van der Waals surface area contributed by atoms with Crippen LogP contribution in [0.15, 0.2) is 34.7 Å². The molecule has 4 aromatic rings. The van der Waals surface area contributed by atoms with E-state index in [-0.39, 0.29) is 56.0 Å². The SMILES string of the molecule is N#Cc1cc(Cl)cc(Oc2c(Cl)ccc(Cc3nnc(-c4c(Cl)nc(Cl)c5c4CCC5)o3)c2F)c1. The van der Waals surface area contributed by atoms with E-state index in [0.717, 1.165) is 30.4 Å². The molecule has 176 valence electrons. The van der Waals surface area contributed by atoms with E-state index in [0.29, 0.717) is 10.7 Å². The standard InChI is InChI=1S/C24H13Cl4FN4O2/c25-13-6-11(10-30)7-14(9-13)34-21-17(26)5-4-12(20(21)29)8-18-32-33-24(35-18)19-15-2-1-3-16(15)22(27)31-23(19)28/h4-7,9H,1-3,8H2. The Morgan fingerprint density at radius 1 is 1.03 bits per heavy atom. The number of fused-ring (bicyclic) bond motifs is 1. The van der Waals surface area contributed by atoms with Crippen molar-refractivity contribution in [3.63, 3.8) is 0 Å². The number of pyridine rings is 1. The fourth-order valence-corrected chi connectivity index (χ4v) is 5.02. The van der Waals surface area contributed by atoms with Gasteiger partial charge in [0, 0.05) is 10.6 Å². The highest BCUT2D eigenvalue weighted by Crippen LogP contribution is 2.40. The Bertz CT molecular complexity index is 1520. The predicted octanol–water partition coefficient (Wildman–Crippen LogP) is 7.63. The molecular formula is C24H13Cl4FN4O2. The summed E-state index contributed by atoms with van der Waals surface area (Å²) in [6.07, 6.45) is 2.47. The van der Waals surface area contributed by atoms with Crippen LogP contribution in [0.3, 0.4) is 0 Å². The van der Waals surface area contributed by atoms with Crippen LogP contribution in [0.1, 0.15) is 34.6 Å². The Morgan fingerprint density at radius 2 is 1.83 bits per heavy atom. The minimum atomic E-state index is -0.706. The van der Waals surface area contributed by atoms with Gasteiger partial charge in [0.05, 0.1) is 28.6 Å². The third-order valence-corrected chi connectivity index (χ3v) is 6.64. The quantitative estimate of drug-likeness (QED) is 0.238. The predicted molar refractivity (Wildman–Crippen MR) is 130 cm³/mol. The van der Waals surface area contributed by atoms with Crippen LogP contribution in [-0.2, 0) is 19.3 Å². The fourth-order valence-electron chi connectivity index (χ4n) is 4.00. The lowest BCUT2D eigenvalue weighted by Crippen LogP contribution is -1.98. The average molecular weight is 550 g/mol. The van der Waals surface area contributed by atoms with Crippen LogP contribution in [-0.4, -0.2) is 15.2 Å². The number of nitrogens with zero attached hydrogens (tertiary/aromatic N) is 4. The summed E-state index contributed by atoms with van der Waals surface area (Å²) in [6, 6.07) is 9.32. The number of halogens is 5. The van der Waals surface area contributed by atoms with Crippen LogP contribution in [0.4, 0.5) is 4.39 Å². The molecule has 35 heavy (non-hydrogen) atoms. The topological polar surface area (TPSA) is 84.8 Å². The van der Waals surface area contributed by atoms with E-state index in [2.05, 4.69) is 15.2 Å². The lowest BCUT2D eigenvalue weighted by atomic mass is 10.1. The van der Waals surface area contributed by atoms with E-state index >= 15 is 4.39 Å². The normalized spacial score (nSPS) is 12.5. The van der Waals surface area contributed by atoms with Crippen LogP contribution in [0.2, 0.25) is 20.4 Å². The summed E-state index contributed by atoms with van der Waals surface area (Å²) in [5.41, 5.74) is 2.90. The molecule has 0 saturated heterocycles. The maximum Gasteiger partial charge on any atom is 0.251 e. The van der Waals surface area contributed by atoms with Gasteiger partial charge in [-0.15, -0.1) is 10.2 Å². The maximum atomic E-state index is 15.4. The maximum absolute atomic E-state index is 15.4. The summed E-state index contributed by atoms with van der Waals surface area (Å²) < 4.78 is 26.8. The first-order valence-corrected chi connectivity index (χ1v) is 11.9. The Morgan fingerprint density at radius 3 is 2.63 bits per heavy atom. The minimum Gasteiger partial charge on any atom is -0.453 e. The number of aromatic nitrogens is 3. The van der Waals surface area contributed by atoms with Gasteiger partial charge in [0.25, 0.3) is 5.89 Å².